The number of aliphatic hydroxyl groups excluding tert-OH is 1. The second-order valence-electron chi connectivity index (χ2n) is 6.94. The largest absolute Gasteiger partial charge is 0.389 e. The molecule has 0 radical (unpaired) electrons. The first-order valence-electron chi connectivity index (χ1n) is 8.60. The molecule has 0 aliphatic heterocycles. The lowest BCUT2D eigenvalue weighted by molar-refractivity contribution is -0.131. The second kappa shape index (κ2) is 8.21. The van der Waals surface area contributed by atoms with Crippen LogP contribution in [0.15, 0.2) is 48.5 Å². The summed E-state index contributed by atoms with van der Waals surface area (Å²) in [6.07, 6.45) is 0.905. The van der Waals surface area contributed by atoms with Gasteiger partial charge >= 0.3 is 0 Å². The number of rotatable bonds is 7. The van der Waals surface area contributed by atoms with Crippen LogP contribution in [-0.4, -0.2) is 35.6 Å². The van der Waals surface area contributed by atoms with Gasteiger partial charge in [0.15, 0.2) is 9.84 Å². The van der Waals surface area contributed by atoms with Crippen molar-refractivity contribution in [2.75, 3.05) is 6.26 Å². The smallest absolute Gasteiger partial charge is 0.264 e. The van der Waals surface area contributed by atoms with Crippen molar-refractivity contribution in [3.63, 3.8) is 0 Å². The monoisotopic (exact) mass is 391 g/mol. The summed E-state index contributed by atoms with van der Waals surface area (Å²) in [5.74, 6) is -0.931. The van der Waals surface area contributed by atoms with Crippen molar-refractivity contribution >= 4 is 15.7 Å². The maximum absolute atomic E-state index is 12.0. The molecule has 27 heavy (non-hydrogen) atoms. The molecular weight excluding hydrogens is 366 g/mol. The van der Waals surface area contributed by atoms with E-state index in [0.29, 0.717) is 6.42 Å². The standard InChI is InChI=1S/C20H25NO5S/c1-14(22)16-8-10-18(11-9-16)17-6-4-15(5-7-17)12-13-20(2,19(23)21-24)27(3,25)26/h4-11,14,22,24H,12-13H2,1-3H3,(H,21,23). The SMILES string of the molecule is CC(O)c1ccc(-c2ccc(CCC(C)(C(=O)NO)S(C)(=O)=O)cc2)cc1. The molecule has 0 saturated heterocycles. The number of hydrogen-bond donors (Lipinski definition) is 3. The number of nitrogens with one attached hydrogen (secondary N) is 1. The van der Waals surface area contributed by atoms with Crippen LogP contribution in [0.4, 0.5) is 0 Å². The van der Waals surface area contributed by atoms with E-state index < -0.39 is 26.6 Å². The summed E-state index contributed by atoms with van der Waals surface area (Å²) in [6, 6.07) is 15.2. The van der Waals surface area contributed by atoms with Crippen LogP contribution in [-0.2, 0) is 21.1 Å². The van der Waals surface area contributed by atoms with E-state index in [1.54, 1.807) is 6.92 Å². The number of hydrogen-bond acceptors (Lipinski definition) is 5. The molecule has 0 bridgehead atoms. The van der Waals surface area contributed by atoms with Crippen molar-refractivity contribution in [1.29, 1.82) is 0 Å². The predicted molar refractivity (Wildman–Crippen MR) is 104 cm³/mol. The molecule has 0 aromatic heterocycles. The van der Waals surface area contributed by atoms with Gasteiger partial charge in [-0.15, -0.1) is 0 Å². The average molecular weight is 391 g/mol. The third kappa shape index (κ3) is 4.74. The third-order valence-corrected chi connectivity index (χ3v) is 7.00. The lowest BCUT2D eigenvalue weighted by Crippen LogP contribution is -2.49. The van der Waals surface area contributed by atoms with E-state index in [-0.39, 0.29) is 6.42 Å². The van der Waals surface area contributed by atoms with Crippen LogP contribution in [0.1, 0.15) is 37.5 Å². The minimum absolute atomic E-state index is 0.0562. The molecule has 6 nitrogen and oxygen atoms in total. The molecule has 2 aromatic rings. The molecule has 1 amide bonds. The Hall–Kier alpha value is -2.22. The Labute approximate surface area is 159 Å². The number of carbonyl (C=O) groups excluding carboxylic acids is 1. The minimum Gasteiger partial charge on any atom is -0.389 e. The second-order valence-corrected chi connectivity index (χ2v) is 9.38. The van der Waals surface area contributed by atoms with Crippen molar-refractivity contribution < 1.29 is 23.5 Å². The van der Waals surface area contributed by atoms with Crippen molar-refractivity contribution in [1.82, 2.24) is 5.48 Å². The van der Waals surface area contributed by atoms with Gasteiger partial charge in [0.25, 0.3) is 5.91 Å². The Morgan fingerprint density at radius 3 is 1.96 bits per heavy atom. The van der Waals surface area contributed by atoms with E-state index in [1.165, 1.54) is 12.4 Å². The molecule has 2 unspecified atom stereocenters. The van der Waals surface area contributed by atoms with Crippen LogP contribution in [0.5, 0.6) is 0 Å². The fourth-order valence-corrected chi connectivity index (χ4v) is 3.64. The van der Waals surface area contributed by atoms with E-state index in [4.69, 9.17) is 5.21 Å². The van der Waals surface area contributed by atoms with Gasteiger partial charge in [0.05, 0.1) is 6.10 Å². The molecule has 0 aliphatic rings. The molecule has 0 aliphatic carbocycles. The highest BCUT2D eigenvalue weighted by atomic mass is 32.2. The maximum Gasteiger partial charge on any atom is 0.264 e. The van der Waals surface area contributed by atoms with Gasteiger partial charge in [-0.25, -0.2) is 13.9 Å². The fourth-order valence-electron chi connectivity index (χ4n) is 2.79. The van der Waals surface area contributed by atoms with E-state index in [2.05, 4.69) is 0 Å². The normalized spacial score (nSPS) is 15.0. The number of benzene rings is 2. The van der Waals surface area contributed by atoms with E-state index in [9.17, 15) is 18.3 Å². The number of hydroxylamine groups is 1. The molecule has 3 N–H and O–H groups in total. The van der Waals surface area contributed by atoms with E-state index in [0.717, 1.165) is 28.5 Å². The van der Waals surface area contributed by atoms with Crippen LogP contribution in [0.2, 0.25) is 0 Å². The maximum atomic E-state index is 12.0. The van der Waals surface area contributed by atoms with Gasteiger partial charge in [-0.3, -0.25) is 10.0 Å². The molecule has 0 heterocycles. The zero-order chi connectivity index (χ0) is 20.2. The Balaban J connectivity index is 2.14. The van der Waals surface area contributed by atoms with Crippen molar-refractivity contribution in [3.8, 4) is 11.1 Å². The van der Waals surface area contributed by atoms with Gasteiger partial charge in [-0.05, 0) is 48.9 Å². The van der Waals surface area contributed by atoms with Gasteiger partial charge in [0.1, 0.15) is 4.75 Å². The van der Waals surface area contributed by atoms with E-state index in [1.807, 2.05) is 48.5 Å². The lowest BCUT2D eigenvalue weighted by Gasteiger charge is -2.25. The number of sulfone groups is 1. The summed E-state index contributed by atoms with van der Waals surface area (Å²) in [5, 5.41) is 18.4. The summed E-state index contributed by atoms with van der Waals surface area (Å²) >= 11 is 0. The average Bonchev–Trinajstić information content (AvgIpc) is 2.65. The summed E-state index contributed by atoms with van der Waals surface area (Å²) in [5.41, 5.74) is 5.19. The van der Waals surface area contributed by atoms with Gasteiger partial charge in [-0.2, -0.15) is 0 Å². The molecule has 2 aromatic carbocycles. The Morgan fingerprint density at radius 1 is 1.07 bits per heavy atom. The zero-order valence-electron chi connectivity index (χ0n) is 15.6. The first kappa shape index (κ1) is 21.1. The zero-order valence-corrected chi connectivity index (χ0v) is 16.5. The number of amides is 1. The molecule has 2 atom stereocenters. The van der Waals surface area contributed by atoms with Gasteiger partial charge in [0, 0.05) is 6.26 Å². The van der Waals surface area contributed by atoms with Crippen LogP contribution in [0.25, 0.3) is 11.1 Å². The number of carbonyl (C=O) groups is 1. The van der Waals surface area contributed by atoms with Gasteiger partial charge < -0.3 is 5.11 Å². The molecule has 146 valence electrons. The predicted octanol–water partition coefficient (Wildman–Crippen LogP) is 2.65. The van der Waals surface area contributed by atoms with E-state index >= 15 is 0 Å². The fraction of sp³-hybridized carbons (Fsp3) is 0.350. The van der Waals surface area contributed by atoms with Gasteiger partial charge in [0.2, 0.25) is 0 Å². The van der Waals surface area contributed by atoms with Crippen LogP contribution < -0.4 is 5.48 Å². The molecule has 0 fully saturated rings. The van der Waals surface area contributed by atoms with Crippen molar-refractivity contribution in [3.05, 3.63) is 59.7 Å². The lowest BCUT2D eigenvalue weighted by atomic mass is 9.97. The molecule has 0 spiro atoms. The summed E-state index contributed by atoms with van der Waals surface area (Å²) in [7, 11) is -3.70. The van der Waals surface area contributed by atoms with Crippen LogP contribution in [0.3, 0.4) is 0 Å². The molecule has 0 saturated carbocycles. The quantitative estimate of drug-likeness (QED) is 0.497. The summed E-state index contributed by atoms with van der Waals surface area (Å²) in [6.45, 7) is 3.02. The third-order valence-electron chi connectivity index (χ3n) is 4.97. The Morgan fingerprint density at radius 2 is 1.56 bits per heavy atom. The summed E-state index contributed by atoms with van der Waals surface area (Å²) in [4.78, 5) is 11.9. The highest BCUT2D eigenvalue weighted by Crippen LogP contribution is 2.26. The molecule has 7 heteroatoms. The van der Waals surface area contributed by atoms with Crippen LogP contribution in [0, 0.1) is 0 Å². The topological polar surface area (TPSA) is 104 Å². The van der Waals surface area contributed by atoms with Crippen molar-refractivity contribution in [2.45, 2.75) is 37.5 Å². The minimum atomic E-state index is -3.70. The first-order valence-corrected chi connectivity index (χ1v) is 10.5. The highest BCUT2D eigenvalue weighted by Gasteiger charge is 2.43. The Bertz CT molecular complexity index is 889. The first-order chi connectivity index (χ1) is 12.6. The Kier molecular flexibility index (Phi) is 6.41. The number of aliphatic hydroxyl groups is 1. The molecular formula is C20H25NO5S. The van der Waals surface area contributed by atoms with Crippen molar-refractivity contribution in [2.24, 2.45) is 0 Å². The van der Waals surface area contributed by atoms with Gasteiger partial charge in [-0.1, -0.05) is 48.5 Å². The molecule has 2 rings (SSSR count). The number of aryl methyl sites for hydroxylation is 1. The highest BCUT2D eigenvalue weighted by molar-refractivity contribution is 7.92. The van der Waals surface area contributed by atoms with Crippen LogP contribution >= 0.6 is 0 Å². The summed E-state index contributed by atoms with van der Waals surface area (Å²) < 4.78 is 22.3.